The topological polar surface area (TPSA) is 61.9 Å². The molecule has 1 aliphatic rings. The summed E-state index contributed by atoms with van der Waals surface area (Å²) in [4.78, 5) is 27.9. The molecule has 0 unspecified atom stereocenters. The predicted octanol–water partition coefficient (Wildman–Crippen LogP) is 1.47. The second kappa shape index (κ2) is 9.15. The second-order valence-corrected chi connectivity index (χ2v) is 5.64. The monoisotopic (exact) mass is 319 g/mol. The maximum atomic E-state index is 12.1. The number of benzene rings is 1. The zero-order valence-electron chi connectivity index (χ0n) is 13.7. The molecule has 0 aromatic heterocycles. The first-order valence-corrected chi connectivity index (χ1v) is 8.13. The fourth-order valence-electron chi connectivity index (χ4n) is 2.57. The average Bonchev–Trinajstić information content (AvgIpc) is 2.59. The lowest BCUT2D eigenvalue weighted by Gasteiger charge is -2.34. The minimum absolute atomic E-state index is 0.0125. The van der Waals surface area contributed by atoms with Gasteiger partial charge < -0.3 is 15.0 Å². The van der Waals surface area contributed by atoms with E-state index in [1.807, 2.05) is 30.3 Å². The molecule has 0 atom stereocenters. The quantitative estimate of drug-likeness (QED) is 0.862. The molecule has 0 radical (unpaired) electrons. The summed E-state index contributed by atoms with van der Waals surface area (Å²) in [6, 6.07) is 9.45. The van der Waals surface area contributed by atoms with Gasteiger partial charge in [0.1, 0.15) is 13.2 Å². The summed E-state index contributed by atoms with van der Waals surface area (Å²) in [5.74, 6) is -0.0576. The van der Waals surface area contributed by atoms with Crippen LogP contribution >= 0.6 is 0 Å². The summed E-state index contributed by atoms with van der Waals surface area (Å²) in [7, 11) is 0. The first kappa shape index (κ1) is 17.3. The fourth-order valence-corrected chi connectivity index (χ4v) is 2.57. The number of carbonyl (C=O) groups is 2. The summed E-state index contributed by atoms with van der Waals surface area (Å²) in [5, 5.41) is 2.52. The van der Waals surface area contributed by atoms with Crippen LogP contribution in [0.3, 0.4) is 0 Å². The lowest BCUT2D eigenvalue weighted by atomic mass is 10.2. The van der Waals surface area contributed by atoms with Crippen molar-refractivity contribution in [2.45, 2.75) is 20.0 Å². The molecule has 6 nitrogen and oxygen atoms in total. The highest BCUT2D eigenvalue weighted by atomic mass is 16.5. The number of rotatable bonds is 6. The van der Waals surface area contributed by atoms with Gasteiger partial charge in [-0.25, -0.2) is 4.79 Å². The van der Waals surface area contributed by atoms with Crippen molar-refractivity contribution in [3.63, 3.8) is 0 Å². The number of alkyl carbamates (subject to hydrolysis) is 1. The number of nitrogens with one attached hydrogen (secondary N) is 1. The van der Waals surface area contributed by atoms with E-state index in [0.29, 0.717) is 0 Å². The number of carbonyl (C=O) groups excluding carboxylic acids is 2. The molecule has 2 amide bonds. The zero-order chi connectivity index (χ0) is 16.5. The minimum atomic E-state index is -0.563. The van der Waals surface area contributed by atoms with Crippen LogP contribution in [0.15, 0.2) is 30.3 Å². The predicted molar refractivity (Wildman–Crippen MR) is 87.9 cm³/mol. The van der Waals surface area contributed by atoms with Crippen molar-refractivity contribution >= 4 is 12.0 Å². The summed E-state index contributed by atoms with van der Waals surface area (Å²) < 4.78 is 5.09. The molecule has 2 rings (SSSR count). The van der Waals surface area contributed by atoms with Gasteiger partial charge in [0.15, 0.2) is 0 Å². The van der Waals surface area contributed by atoms with Gasteiger partial charge in [0.05, 0.1) is 0 Å². The highest BCUT2D eigenvalue weighted by molar-refractivity contribution is 5.82. The number of piperazine rings is 1. The number of amides is 2. The van der Waals surface area contributed by atoms with Crippen LogP contribution in [0.1, 0.15) is 18.9 Å². The number of hydrogen-bond donors (Lipinski definition) is 1. The molecule has 1 saturated heterocycles. The van der Waals surface area contributed by atoms with E-state index in [2.05, 4.69) is 17.1 Å². The summed E-state index contributed by atoms with van der Waals surface area (Å²) in [6.07, 6.45) is 0.565. The number of ether oxygens (including phenoxy) is 1. The molecular formula is C17H25N3O3. The van der Waals surface area contributed by atoms with Crippen molar-refractivity contribution in [1.29, 1.82) is 0 Å². The molecule has 0 bridgehead atoms. The molecule has 1 heterocycles. The first-order chi connectivity index (χ1) is 11.2. The molecular weight excluding hydrogens is 294 g/mol. The largest absolute Gasteiger partial charge is 0.445 e. The van der Waals surface area contributed by atoms with Crippen molar-refractivity contribution in [3.8, 4) is 0 Å². The van der Waals surface area contributed by atoms with Gasteiger partial charge in [-0.15, -0.1) is 0 Å². The number of nitrogens with zero attached hydrogens (tertiary/aromatic N) is 2. The third-order valence-electron chi connectivity index (χ3n) is 3.86. The maximum absolute atomic E-state index is 12.1. The van der Waals surface area contributed by atoms with Crippen molar-refractivity contribution in [2.24, 2.45) is 0 Å². The van der Waals surface area contributed by atoms with Gasteiger partial charge in [-0.1, -0.05) is 37.3 Å². The van der Waals surface area contributed by atoms with Crippen molar-refractivity contribution < 1.29 is 14.3 Å². The molecule has 6 heteroatoms. The summed E-state index contributed by atoms with van der Waals surface area (Å²) in [5.41, 5.74) is 0.918. The summed E-state index contributed by atoms with van der Waals surface area (Å²) >= 11 is 0. The summed E-state index contributed by atoms with van der Waals surface area (Å²) in [6.45, 7) is 6.67. The smallest absolute Gasteiger partial charge is 0.407 e. The van der Waals surface area contributed by atoms with E-state index in [-0.39, 0.29) is 19.1 Å². The van der Waals surface area contributed by atoms with E-state index in [4.69, 9.17) is 4.74 Å². The highest BCUT2D eigenvalue weighted by Crippen LogP contribution is 2.03. The van der Waals surface area contributed by atoms with E-state index in [9.17, 15) is 9.59 Å². The molecule has 1 aliphatic heterocycles. The Morgan fingerprint density at radius 3 is 2.48 bits per heavy atom. The Kier molecular flexibility index (Phi) is 6.87. The average molecular weight is 319 g/mol. The Bertz CT molecular complexity index is 499. The zero-order valence-corrected chi connectivity index (χ0v) is 13.7. The Morgan fingerprint density at radius 2 is 1.83 bits per heavy atom. The van der Waals surface area contributed by atoms with Gasteiger partial charge in [-0.05, 0) is 18.5 Å². The van der Waals surface area contributed by atoms with E-state index in [1.54, 1.807) is 4.90 Å². The van der Waals surface area contributed by atoms with E-state index in [1.165, 1.54) is 0 Å². The van der Waals surface area contributed by atoms with Crippen LogP contribution in [0, 0.1) is 0 Å². The first-order valence-electron chi connectivity index (χ1n) is 8.13. The lowest BCUT2D eigenvalue weighted by molar-refractivity contribution is -0.131. The van der Waals surface area contributed by atoms with Crippen LogP contribution in [0.2, 0.25) is 0 Å². The Morgan fingerprint density at radius 1 is 1.13 bits per heavy atom. The van der Waals surface area contributed by atoms with Crippen LogP contribution in [0.25, 0.3) is 0 Å². The SMILES string of the molecule is CCCN1CCN(C(=O)CNC(=O)OCc2ccccc2)CC1. The fraction of sp³-hybridized carbons (Fsp3) is 0.529. The van der Waals surface area contributed by atoms with Gasteiger partial charge in [0.2, 0.25) is 5.91 Å². The molecule has 126 valence electrons. The minimum Gasteiger partial charge on any atom is -0.445 e. The van der Waals surface area contributed by atoms with Gasteiger partial charge >= 0.3 is 6.09 Å². The second-order valence-electron chi connectivity index (χ2n) is 5.64. The van der Waals surface area contributed by atoms with Crippen molar-refractivity contribution in [3.05, 3.63) is 35.9 Å². The van der Waals surface area contributed by atoms with Gasteiger partial charge in [0.25, 0.3) is 0 Å². The van der Waals surface area contributed by atoms with Crippen LogP contribution < -0.4 is 5.32 Å². The Labute approximate surface area is 137 Å². The molecule has 1 fully saturated rings. The normalized spacial score (nSPS) is 15.3. The molecule has 1 aromatic rings. The van der Waals surface area contributed by atoms with Gasteiger partial charge in [-0.3, -0.25) is 9.69 Å². The Balaban J connectivity index is 1.63. The third kappa shape index (κ3) is 5.90. The third-order valence-corrected chi connectivity index (χ3v) is 3.86. The van der Waals surface area contributed by atoms with Gasteiger partial charge in [-0.2, -0.15) is 0 Å². The highest BCUT2D eigenvalue weighted by Gasteiger charge is 2.20. The molecule has 0 spiro atoms. The van der Waals surface area contributed by atoms with Crippen LogP contribution in [0.4, 0.5) is 4.79 Å². The van der Waals surface area contributed by atoms with Crippen molar-refractivity contribution in [1.82, 2.24) is 15.1 Å². The van der Waals surface area contributed by atoms with E-state index in [0.717, 1.165) is 44.7 Å². The molecule has 1 N–H and O–H groups in total. The van der Waals surface area contributed by atoms with Gasteiger partial charge in [0, 0.05) is 26.2 Å². The standard InChI is InChI=1S/C17H25N3O3/c1-2-8-19-9-11-20(12-10-19)16(21)13-18-17(22)23-14-15-6-4-3-5-7-15/h3-7H,2,8-14H2,1H3,(H,18,22). The van der Waals surface area contributed by atoms with Crippen LogP contribution in [-0.4, -0.2) is 61.1 Å². The molecule has 0 aliphatic carbocycles. The molecule has 23 heavy (non-hydrogen) atoms. The van der Waals surface area contributed by atoms with E-state index < -0.39 is 6.09 Å². The molecule has 1 aromatic carbocycles. The lowest BCUT2D eigenvalue weighted by Crippen LogP contribution is -2.51. The molecule has 0 saturated carbocycles. The van der Waals surface area contributed by atoms with Crippen LogP contribution in [0.5, 0.6) is 0 Å². The maximum Gasteiger partial charge on any atom is 0.407 e. The van der Waals surface area contributed by atoms with E-state index >= 15 is 0 Å². The number of hydrogen-bond acceptors (Lipinski definition) is 4. The van der Waals surface area contributed by atoms with Crippen LogP contribution in [-0.2, 0) is 16.1 Å². The Hall–Kier alpha value is -2.08. The van der Waals surface area contributed by atoms with Crippen molar-refractivity contribution in [2.75, 3.05) is 39.3 Å².